The van der Waals surface area contributed by atoms with Crippen molar-refractivity contribution in [3.8, 4) is 0 Å². The van der Waals surface area contributed by atoms with Crippen molar-refractivity contribution in [3.05, 3.63) is 47.5 Å². The largest absolute Gasteiger partial charge is 0.395 e. The Morgan fingerprint density at radius 2 is 1.73 bits per heavy atom. The second-order valence-corrected chi connectivity index (χ2v) is 5.91. The van der Waals surface area contributed by atoms with Crippen LogP contribution in [0.3, 0.4) is 0 Å². The lowest BCUT2D eigenvalue weighted by Crippen LogP contribution is -2.29. The molecule has 138 valence electrons. The van der Waals surface area contributed by atoms with Gasteiger partial charge in [-0.25, -0.2) is 0 Å². The molecule has 2 aromatic rings. The van der Waals surface area contributed by atoms with Gasteiger partial charge in [-0.2, -0.15) is 5.11 Å². The topological polar surface area (TPSA) is 97.5 Å². The Kier molecular flexibility index (Phi) is 7.53. The molecular formula is C18H21ClN4O3. The fourth-order valence-corrected chi connectivity index (χ4v) is 2.52. The molecule has 0 radical (unpaired) electrons. The van der Waals surface area contributed by atoms with Gasteiger partial charge in [-0.1, -0.05) is 11.6 Å². The van der Waals surface area contributed by atoms with Gasteiger partial charge in [0.25, 0.3) is 0 Å². The van der Waals surface area contributed by atoms with E-state index in [1.165, 1.54) is 6.92 Å². The van der Waals surface area contributed by atoms with Gasteiger partial charge in [0.15, 0.2) is 0 Å². The summed E-state index contributed by atoms with van der Waals surface area (Å²) in [4.78, 5) is 12.8. The molecule has 2 aromatic carbocycles. The molecule has 2 rings (SSSR count). The van der Waals surface area contributed by atoms with Crippen molar-refractivity contribution in [1.29, 1.82) is 0 Å². The quantitative estimate of drug-likeness (QED) is 0.614. The number of hydrogen-bond donors (Lipinski definition) is 3. The van der Waals surface area contributed by atoms with Crippen molar-refractivity contribution < 1.29 is 15.0 Å². The van der Waals surface area contributed by atoms with Crippen molar-refractivity contribution in [2.45, 2.75) is 6.92 Å². The van der Waals surface area contributed by atoms with E-state index in [2.05, 4.69) is 15.5 Å². The van der Waals surface area contributed by atoms with E-state index in [0.717, 1.165) is 5.69 Å². The molecule has 1 amide bonds. The molecule has 0 aliphatic heterocycles. The predicted octanol–water partition coefficient (Wildman–Crippen LogP) is 3.50. The van der Waals surface area contributed by atoms with E-state index in [1.54, 1.807) is 36.4 Å². The number of carbonyl (C=O) groups is 1. The highest BCUT2D eigenvalue weighted by Crippen LogP contribution is 2.31. The summed E-state index contributed by atoms with van der Waals surface area (Å²) in [7, 11) is 0. The highest BCUT2D eigenvalue weighted by atomic mass is 35.5. The van der Waals surface area contributed by atoms with Crippen molar-refractivity contribution in [2.75, 3.05) is 36.5 Å². The first-order valence-electron chi connectivity index (χ1n) is 8.09. The molecule has 0 spiro atoms. The zero-order valence-corrected chi connectivity index (χ0v) is 15.1. The third-order valence-corrected chi connectivity index (χ3v) is 3.80. The first-order valence-corrected chi connectivity index (χ1v) is 8.47. The number of hydrogen-bond acceptors (Lipinski definition) is 6. The number of benzene rings is 2. The highest BCUT2D eigenvalue weighted by Gasteiger charge is 2.08. The van der Waals surface area contributed by atoms with Crippen LogP contribution >= 0.6 is 11.6 Å². The van der Waals surface area contributed by atoms with Crippen LogP contribution in [0.2, 0.25) is 5.02 Å². The molecule has 0 aromatic heterocycles. The Morgan fingerprint density at radius 1 is 1.08 bits per heavy atom. The summed E-state index contributed by atoms with van der Waals surface area (Å²) >= 11 is 6.27. The predicted molar refractivity (Wildman–Crippen MR) is 103 cm³/mol. The number of halogens is 1. The Balaban J connectivity index is 2.11. The number of amides is 1. The lowest BCUT2D eigenvalue weighted by molar-refractivity contribution is -0.114. The van der Waals surface area contributed by atoms with Crippen LogP contribution in [0.1, 0.15) is 6.92 Å². The zero-order chi connectivity index (χ0) is 18.9. The van der Waals surface area contributed by atoms with Crippen LogP contribution < -0.4 is 10.2 Å². The average molecular weight is 377 g/mol. The van der Waals surface area contributed by atoms with Crippen LogP contribution in [0.15, 0.2) is 52.7 Å². The standard InChI is InChI=1S/C18H21ClN4O3/c1-13(26)20-14-2-4-15(5-3-14)21-22-18-7-6-16(12-17(18)19)23(8-10-24)9-11-25/h2-7,12,24-25H,8-11H2,1H3,(H,20,26)/b22-21+. The lowest BCUT2D eigenvalue weighted by Gasteiger charge is -2.23. The number of anilines is 2. The second-order valence-electron chi connectivity index (χ2n) is 5.50. The molecule has 0 atom stereocenters. The van der Waals surface area contributed by atoms with E-state index >= 15 is 0 Å². The molecule has 0 saturated carbocycles. The Labute approximate surface area is 156 Å². The SMILES string of the molecule is CC(=O)Nc1ccc(/N=N/c2ccc(N(CCO)CCO)cc2Cl)cc1. The summed E-state index contributed by atoms with van der Waals surface area (Å²) in [6.07, 6.45) is 0. The van der Waals surface area contributed by atoms with Gasteiger partial charge in [0.05, 0.1) is 23.9 Å². The summed E-state index contributed by atoms with van der Waals surface area (Å²) < 4.78 is 0. The van der Waals surface area contributed by atoms with Crippen LogP contribution in [-0.4, -0.2) is 42.4 Å². The third-order valence-electron chi connectivity index (χ3n) is 3.50. The summed E-state index contributed by atoms with van der Waals surface area (Å²) in [5.41, 5.74) is 2.61. The smallest absolute Gasteiger partial charge is 0.221 e. The van der Waals surface area contributed by atoms with E-state index in [9.17, 15) is 4.79 Å². The van der Waals surface area contributed by atoms with Crippen LogP contribution in [0, 0.1) is 0 Å². The van der Waals surface area contributed by atoms with Crippen LogP contribution in [-0.2, 0) is 4.79 Å². The highest BCUT2D eigenvalue weighted by molar-refractivity contribution is 6.33. The Bertz CT molecular complexity index is 760. The number of rotatable bonds is 8. The monoisotopic (exact) mass is 376 g/mol. The van der Waals surface area contributed by atoms with Gasteiger partial charge in [0.2, 0.25) is 5.91 Å². The van der Waals surface area contributed by atoms with Crippen LogP contribution in [0.4, 0.5) is 22.7 Å². The third kappa shape index (κ3) is 5.80. The molecule has 7 nitrogen and oxygen atoms in total. The first kappa shape index (κ1) is 19.8. The molecule has 0 aliphatic rings. The molecule has 0 aliphatic carbocycles. The van der Waals surface area contributed by atoms with Gasteiger partial charge in [0, 0.05) is 31.4 Å². The summed E-state index contributed by atoms with van der Waals surface area (Å²) in [5.74, 6) is -0.136. The number of aliphatic hydroxyl groups excluding tert-OH is 2. The van der Waals surface area contributed by atoms with E-state index in [0.29, 0.717) is 35.2 Å². The van der Waals surface area contributed by atoms with E-state index in [4.69, 9.17) is 21.8 Å². The van der Waals surface area contributed by atoms with Gasteiger partial charge in [0.1, 0.15) is 5.69 Å². The normalized spacial score (nSPS) is 10.9. The molecule has 0 unspecified atom stereocenters. The number of carbonyl (C=O) groups excluding carboxylic acids is 1. The number of azo groups is 1. The summed E-state index contributed by atoms with van der Waals surface area (Å²) in [6, 6.07) is 12.2. The van der Waals surface area contributed by atoms with Crippen LogP contribution in [0.25, 0.3) is 0 Å². The summed E-state index contributed by atoms with van der Waals surface area (Å²) in [6.45, 7) is 2.21. The van der Waals surface area contributed by atoms with Crippen molar-refractivity contribution >= 4 is 40.3 Å². The van der Waals surface area contributed by atoms with Crippen molar-refractivity contribution in [1.82, 2.24) is 0 Å². The van der Waals surface area contributed by atoms with Crippen molar-refractivity contribution in [3.63, 3.8) is 0 Å². The van der Waals surface area contributed by atoms with E-state index in [1.807, 2.05) is 11.0 Å². The van der Waals surface area contributed by atoms with E-state index in [-0.39, 0.29) is 19.1 Å². The number of nitrogens with zero attached hydrogens (tertiary/aromatic N) is 3. The minimum Gasteiger partial charge on any atom is -0.395 e. The molecule has 8 heteroatoms. The average Bonchev–Trinajstić information content (AvgIpc) is 2.61. The maximum Gasteiger partial charge on any atom is 0.221 e. The Morgan fingerprint density at radius 3 is 2.27 bits per heavy atom. The molecule has 0 heterocycles. The maximum atomic E-state index is 11.0. The van der Waals surface area contributed by atoms with Gasteiger partial charge < -0.3 is 20.4 Å². The molecular weight excluding hydrogens is 356 g/mol. The van der Waals surface area contributed by atoms with Gasteiger partial charge in [-0.15, -0.1) is 5.11 Å². The molecule has 0 fully saturated rings. The number of nitrogens with one attached hydrogen (secondary N) is 1. The second kappa shape index (κ2) is 9.86. The van der Waals surface area contributed by atoms with Gasteiger partial charge in [-0.05, 0) is 42.5 Å². The first-order chi connectivity index (χ1) is 12.5. The van der Waals surface area contributed by atoms with Gasteiger partial charge >= 0.3 is 0 Å². The molecule has 26 heavy (non-hydrogen) atoms. The number of aliphatic hydroxyl groups is 2. The van der Waals surface area contributed by atoms with Crippen molar-refractivity contribution in [2.24, 2.45) is 10.2 Å². The van der Waals surface area contributed by atoms with Gasteiger partial charge in [-0.3, -0.25) is 4.79 Å². The molecule has 0 bridgehead atoms. The lowest BCUT2D eigenvalue weighted by atomic mass is 10.2. The summed E-state index contributed by atoms with van der Waals surface area (Å²) in [5, 5.41) is 29.6. The molecule has 0 saturated heterocycles. The maximum absolute atomic E-state index is 11.0. The fourth-order valence-electron chi connectivity index (χ4n) is 2.31. The minimum atomic E-state index is -0.136. The minimum absolute atomic E-state index is 0.0203. The van der Waals surface area contributed by atoms with Crippen LogP contribution in [0.5, 0.6) is 0 Å². The zero-order valence-electron chi connectivity index (χ0n) is 14.4. The fraction of sp³-hybridized carbons (Fsp3) is 0.278. The van der Waals surface area contributed by atoms with E-state index < -0.39 is 0 Å². The Hall–Kier alpha value is -2.48. The molecule has 3 N–H and O–H groups in total.